The third-order valence-electron chi connectivity index (χ3n) is 2.68. The number of nitrogens with one attached hydrogen (secondary N) is 1. The fourth-order valence-corrected chi connectivity index (χ4v) is 1.78. The fourth-order valence-electron chi connectivity index (χ4n) is 1.56. The van der Waals surface area contributed by atoms with E-state index in [0.717, 1.165) is 10.0 Å². The van der Waals surface area contributed by atoms with Crippen molar-refractivity contribution in [1.82, 2.24) is 4.98 Å². The zero-order valence-electron chi connectivity index (χ0n) is 10.6. The van der Waals surface area contributed by atoms with Crippen LogP contribution in [0.3, 0.4) is 0 Å². The summed E-state index contributed by atoms with van der Waals surface area (Å²) in [4.78, 5) is 26.8. The fraction of sp³-hybridized carbons (Fsp3) is 0.0714. The second-order valence-corrected chi connectivity index (χ2v) is 5.01. The van der Waals surface area contributed by atoms with Gasteiger partial charge in [-0.2, -0.15) is 0 Å². The first-order chi connectivity index (χ1) is 9.47. The minimum atomic E-state index is -1.03. The third-order valence-corrected chi connectivity index (χ3v) is 3.51. The molecule has 2 rings (SSSR count). The predicted octanol–water partition coefficient (Wildman–Crippen LogP) is 3.10. The van der Waals surface area contributed by atoms with Gasteiger partial charge in [0.05, 0.1) is 5.56 Å². The van der Waals surface area contributed by atoms with E-state index < -0.39 is 5.97 Å². The number of halogens is 1. The minimum absolute atomic E-state index is 0.138. The summed E-state index contributed by atoms with van der Waals surface area (Å²) in [5.74, 6) is -0.920. The second-order valence-electron chi connectivity index (χ2n) is 4.16. The molecule has 0 aliphatic carbocycles. The molecule has 1 heterocycles. The molecule has 2 N–H and O–H groups in total. The highest BCUT2D eigenvalue weighted by Gasteiger charge is 2.09. The number of benzene rings is 1. The number of carbonyl (C=O) groups excluding carboxylic acids is 1. The van der Waals surface area contributed by atoms with E-state index in [4.69, 9.17) is 5.11 Å². The number of hydrogen-bond donors (Lipinski definition) is 2. The quantitative estimate of drug-likeness (QED) is 0.903. The van der Waals surface area contributed by atoms with Crippen LogP contribution in [0.1, 0.15) is 26.3 Å². The standard InChI is InChI=1S/C14H11BrN2O3/c1-8-6-12(16-7-11(8)15)17-13(18)9-2-4-10(5-3-9)14(19)20/h2-7H,1H3,(H,19,20)(H,16,17,18). The second kappa shape index (κ2) is 5.83. The molecular weight excluding hydrogens is 324 g/mol. The summed E-state index contributed by atoms with van der Waals surface area (Å²) < 4.78 is 0.862. The Kier molecular flexibility index (Phi) is 4.14. The summed E-state index contributed by atoms with van der Waals surface area (Å²) >= 11 is 3.33. The minimum Gasteiger partial charge on any atom is -0.478 e. The summed E-state index contributed by atoms with van der Waals surface area (Å²) in [7, 11) is 0. The van der Waals surface area contributed by atoms with Gasteiger partial charge in [-0.15, -0.1) is 0 Å². The van der Waals surface area contributed by atoms with Crippen molar-refractivity contribution in [3.05, 3.63) is 57.7 Å². The van der Waals surface area contributed by atoms with Crippen molar-refractivity contribution in [3.8, 4) is 0 Å². The number of pyridine rings is 1. The smallest absolute Gasteiger partial charge is 0.335 e. The van der Waals surface area contributed by atoms with Crippen molar-refractivity contribution >= 4 is 33.6 Å². The first-order valence-electron chi connectivity index (χ1n) is 5.74. The molecule has 20 heavy (non-hydrogen) atoms. The predicted molar refractivity (Wildman–Crippen MR) is 78.0 cm³/mol. The number of aromatic carboxylic acids is 1. The number of carbonyl (C=O) groups is 2. The molecule has 2 aromatic rings. The molecule has 1 amide bonds. The van der Waals surface area contributed by atoms with Crippen LogP contribution in [0, 0.1) is 6.92 Å². The van der Waals surface area contributed by atoms with Crippen LogP contribution >= 0.6 is 15.9 Å². The maximum absolute atomic E-state index is 12.0. The van der Waals surface area contributed by atoms with E-state index in [1.54, 1.807) is 12.3 Å². The molecule has 0 bridgehead atoms. The topological polar surface area (TPSA) is 79.3 Å². The van der Waals surface area contributed by atoms with Crippen molar-refractivity contribution in [3.63, 3.8) is 0 Å². The van der Waals surface area contributed by atoms with Crippen molar-refractivity contribution < 1.29 is 14.7 Å². The summed E-state index contributed by atoms with van der Waals surface area (Å²) in [5.41, 5.74) is 1.47. The van der Waals surface area contributed by atoms with Gasteiger partial charge in [-0.25, -0.2) is 9.78 Å². The zero-order chi connectivity index (χ0) is 14.7. The van der Waals surface area contributed by atoms with Crippen LogP contribution in [-0.4, -0.2) is 22.0 Å². The SMILES string of the molecule is Cc1cc(NC(=O)c2ccc(C(=O)O)cc2)ncc1Br. The van der Waals surface area contributed by atoms with Gasteiger partial charge in [0.25, 0.3) is 5.91 Å². The monoisotopic (exact) mass is 334 g/mol. The van der Waals surface area contributed by atoms with E-state index in [1.807, 2.05) is 6.92 Å². The maximum Gasteiger partial charge on any atom is 0.335 e. The first-order valence-corrected chi connectivity index (χ1v) is 6.53. The summed E-state index contributed by atoms with van der Waals surface area (Å²) in [5, 5.41) is 11.4. The lowest BCUT2D eigenvalue weighted by Crippen LogP contribution is -2.13. The van der Waals surface area contributed by atoms with Crippen molar-refractivity contribution in [2.75, 3.05) is 5.32 Å². The van der Waals surface area contributed by atoms with Gasteiger partial charge in [-0.3, -0.25) is 4.79 Å². The molecule has 0 unspecified atom stereocenters. The van der Waals surface area contributed by atoms with Crippen LogP contribution in [0.5, 0.6) is 0 Å². The normalized spacial score (nSPS) is 10.1. The molecule has 0 saturated carbocycles. The molecule has 0 aliphatic rings. The number of carboxylic acids is 1. The molecule has 0 spiro atoms. The lowest BCUT2D eigenvalue weighted by Gasteiger charge is -2.06. The van der Waals surface area contributed by atoms with Crippen LogP contribution in [-0.2, 0) is 0 Å². The van der Waals surface area contributed by atoms with Crippen LogP contribution in [0.25, 0.3) is 0 Å². The molecule has 0 radical (unpaired) electrons. The van der Waals surface area contributed by atoms with Gasteiger partial charge < -0.3 is 10.4 Å². The molecule has 6 heteroatoms. The zero-order valence-corrected chi connectivity index (χ0v) is 12.1. The van der Waals surface area contributed by atoms with Gasteiger partial charge >= 0.3 is 5.97 Å². The number of amides is 1. The van der Waals surface area contributed by atoms with E-state index >= 15 is 0 Å². The van der Waals surface area contributed by atoms with E-state index in [1.165, 1.54) is 24.3 Å². The van der Waals surface area contributed by atoms with Crippen LogP contribution in [0.4, 0.5) is 5.82 Å². The average Bonchev–Trinajstić information content (AvgIpc) is 2.43. The van der Waals surface area contributed by atoms with Crippen molar-refractivity contribution in [2.45, 2.75) is 6.92 Å². The number of rotatable bonds is 3. The Balaban J connectivity index is 2.15. The Hall–Kier alpha value is -2.21. The number of hydrogen-bond acceptors (Lipinski definition) is 3. The van der Waals surface area contributed by atoms with Crippen LogP contribution < -0.4 is 5.32 Å². The van der Waals surface area contributed by atoms with Gasteiger partial charge in [-0.05, 0) is 58.7 Å². The van der Waals surface area contributed by atoms with Crippen LogP contribution in [0.15, 0.2) is 41.0 Å². The molecule has 1 aromatic carbocycles. The Labute approximate surface area is 123 Å². The Morgan fingerprint density at radius 3 is 2.35 bits per heavy atom. The third kappa shape index (κ3) is 3.21. The molecule has 102 valence electrons. The lowest BCUT2D eigenvalue weighted by atomic mass is 10.1. The summed E-state index contributed by atoms with van der Waals surface area (Å²) in [6, 6.07) is 7.44. The van der Waals surface area contributed by atoms with E-state index in [9.17, 15) is 9.59 Å². The van der Waals surface area contributed by atoms with Crippen LogP contribution in [0.2, 0.25) is 0 Å². The number of nitrogens with zero attached hydrogens (tertiary/aromatic N) is 1. The van der Waals surface area contributed by atoms with Gasteiger partial charge in [0.1, 0.15) is 5.82 Å². The number of aromatic nitrogens is 1. The molecular formula is C14H11BrN2O3. The van der Waals surface area contributed by atoms with Gasteiger partial charge in [0, 0.05) is 16.2 Å². The van der Waals surface area contributed by atoms with E-state index in [-0.39, 0.29) is 11.5 Å². The van der Waals surface area contributed by atoms with Crippen molar-refractivity contribution in [2.24, 2.45) is 0 Å². The highest BCUT2D eigenvalue weighted by Crippen LogP contribution is 2.17. The first kappa shape index (κ1) is 14.2. The van der Waals surface area contributed by atoms with E-state index in [2.05, 4.69) is 26.2 Å². The maximum atomic E-state index is 12.0. The average molecular weight is 335 g/mol. The highest BCUT2D eigenvalue weighted by molar-refractivity contribution is 9.10. The summed E-state index contributed by atoms with van der Waals surface area (Å²) in [6.45, 7) is 1.89. The molecule has 0 aliphatic heterocycles. The Morgan fingerprint density at radius 1 is 1.20 bits per heavy atom. The Bertz CT molecular complexity index is 669. The largest absolute Gasteiger partial charge is 0.478 e. The summed E-state index contributed by atoms with van der Waals surface area (Å²) in [6.07, 6.45) is 1.61. The van der Waals surface area contributed by atoms with E-state index in [0.29, 0.717) is 11.4 Å². The van der Waals surface area contributed by atoms with Gasteiger partial charge in [0.2, 0.25) is 0 Å². The number of carboxylic acid groups (broad SMARTS) is 1. The highest BCUT2D eigenvalue weighted by atomic mass is 79.9. The molecule has 0 fully saturated rings. The molecule has 0 saturated heterocycles. The lowest BCUT2D eigenvalue weighted by molar-refractivity contribution is 0.0696. The van der Waals surface area contributed by atoms with Crippen molar-refractivity contribution in [1.29, 1.82) is 0 Å². The molecule has 5 nitrogen and oxygen atoms in total. The molecule has 1 aromatic heterocycles. The number of aryl methyl sites for hydroxylation is 1. The Morgan fingerprint density at radius 2 is 1.80 bits per heavy atom. The van der Waals surface area contributed by atoms with Gasteiger partial charge in [0.15, 0.2) is 0 Å². The van der Waals surface area contributed by atoms with Gasteiger partial charge in [-0.1, -0.05) is 0 Å². The molecule has 0 atom stereocenters. The number of anilines is 1.